The van der Waals surface area contributed by atoms with Crippen molar-refractivity contribution in [3.8, 4) is 34.5 Å². The minimum Gasteiger partial charge on any atom is -0.496 e. The number of halogens is 1. The van der Waals surface area contributed by atoms with E-state index in [1.165, 1.54) is 7.11 Å². The number of hydrogen-bond donors (Lipinski definition) is 2. The molecule has 68 heavy (non-hydrogen) atoms. The highest BCUT2D eigenvalue weighted by Gasteiger charge is 2.65. The van der Waals surface area contributed by atoms with Crippen molar-refractivity contribution in [3.05, 3.63) is 131 Å². The minimum absolute atomic E-state index is 0.00449. The van der Waals surface area contributed by atoms with Crippen LogP contribution in [-0.2, 0) is 27.5 Å². The van der Waals surface area contributed by atoms with Gasteiger partial charge in [-0.1, -0.05) is 66.5 Å². The third kappa shape index (κ3) is 10.5. The number of aliphatic hydroxyl groups is 2. The molecule has 2 heterocycles. The van der Waals surface area contributed by atoms with E-state index >= 15 is 0 Å². The molecule has 4 aromatic rings. The maximum absolute atomic E-state index is 14.8. The zero-order valence-electron chi connectivity index (χ0n) is 38.3. The Morgan fingerprint density at radius 1 is 0.926 bits per heavy atom. The van der Waals surface area contributed by atoms with E-state index in [1.54, 1.807) is 29.2 Å². The van der Waals surface area contributed by atoms with Gasteiger partial charge in [0.15, 0.2) is 17.8 Å². The van der Waals surface area contributed by atoms with Gasteiger partial charge in [0, 0.05) is 37.7 Å². The first-order valence-electron chi connectivity index (χ1n) is 23.3. The Labute approximate surface area is 402 Å². The molecule has 0 radical (unpaired) electrons. The van der Waals surface area contributed by atoms with Crippen molar-refractivity contribution in [2.45, 2.75) is 75.8 Å². The van der Waals surface area contributed by atoms with E-state index in [0.29, 0.717) is 58.6 Å². The van der Waals surface area contributed by atoms with Crippen LogP contribution in [-0.4, -0.2) is 91.2 Å². The van der Waals surface area contributed by atoms with Gasteiger partial charge < -0.3 is 48.2 Å². The van der Waals surface area contributed by atoms with Crippen LogP contribution in [0.5, 0.6) is 34.5 Å². The molecular formula is C53H59ClN2O12. The van der Waals surface area contributed by atoms with Crippen LogP contribution >= 0.6 is 11.6 Å². The van der Waals surface area contributed by atoms with Crippen LogP contribution in [0, 0.1) is 17.8 Å². The fourth-order valence-corrected chi connectivity index (χ4v) is 10.3. The lowest BCUT2D eigenvalue weighted by atomic mass is 9.55. The molecule has 1 amide bonds. The number of rotatable bonds is 23. The highest BCUT2D eigenvalue weighted by Crippen LogP contribution is 2.62. The van der Waals surface area contributed by atoms with Crippen molar-refractivity contribution in [2.75, 3.05) is 46.2 Å². The molecule has 2 aliphatic carbocycles. The van der Waals surface area contributed by atoms with Gasteiger partial charge in [-0.05, 0) is 103 Å². The largest absolute Gasteiger partial charge is 0.496 e. The van der Waals surface area contributed by atoms with Gasteiger partial charge in [-0.15, -0.1) is 18.2 Å². The van der Waals surface area contributed by atoms with Crippen LogP contribution in [0.4, 0.5) is 4.79 Å². The first-order chi connectivity index (χ1) is 33.3. The number of aldehydes is 1. The number of carbonyl (C=O) groups is 2. The molecule has 360 valence electrons. The average molecular weight is 952 g/mol. The fourth-order valence-electron chi connectivity index (χ4n) is 10.2. The molecule has 6 unspecified atom stereocenters. The highest BCUT2D eigenvalue weighted by molar-refractivity contribution is 6.18. The predicted octanol–water partition coefficient (Wildman–Crippen LogP) is 9.74. The molecule has 0 aromatic heterocycles. The highest BCUT2D eigenvalue weighted by atomic mass is 35.5. The van der Waals surface area contributed by atoms with Crippen LogP contribution in [0.15, 0.2) is 114 Å². The maximum Gasteiger partial charge on any atom is 0.410 e. The van der Waals surface area contributed by atoms with Gasteiger partial charge in [0.25, 0.3) is 0 Å². The number of unbranched alkanes of at least 4 members (excludes halogenated alkanes) is 2. The van der Waals surface area contributed by atoms with Gasteiger partial charge >= 0.3 is 6.09 Å². The van der Waals surface area contributed by atoms with Crippen molar-refractivity contribution in [3.63, 3.8) is 0 Å². The Kier molecular flexibility index (Phi) is 16.2. The van der Waals surface area contributed by atoms with E-state index in [2.05, 4.69) is 12.7 Å². The molecule has 0 spiro atoms. The van der Waals surface area contributed by atoms with E-state index in [9.17, 15) is 19.8 Å². The molecule has 4 aromatic carbocycles. The lowest BCUT2D eigenvalue weighted by molar-refractivity contribution is -0.256. The molecule has 2 N–H and O–H groups in total. The summed E-state index contributed by atoms with van der Waals surface area (Å²) in [4.78, 5) is 34.7. The van der Waals surface area contributed by atoms with Crippen LogP contribution in [0.1, 0.15) is 77.9 Å². The van der Waals surface area contributed by atoms with Crippen molar-refractivity contribution < 1.29 is 57.8 Å². The number of hydrogen-bond acceptors (Lipinski definition) is 13. The Morgan fingerprint density at radius 2 is 1.69 bits per heavy atom. The maximum atomic E-state index is 14.8. The Bertz CT molecular complexity index is 2450. The molecule has 2 aliphatic heterocycles. The van der Waals surface area contributed by atoms with Crippen molar-refractivity contribution in [1.82, 2.24) is 4.90 Å². The summed E-state index contributed by atoms with van der Waals surface area (Å²) in [6, 6.07) is 25.2. The van der Waals surface area contributed by atoms with Crippen molar-refractivity contribution in [1.29, 1.82) is 0 Å². The Morgan fingerprint density at radius 3 is 2.46 bits per heavy atom. The topological polar surface area (TPSA) is 164 Å². The summed E-state index contributed by atoms with van der Waals surface area (Å²) in [6.45, 7) is 4.54. The molecule has 4 aliphatic rings. The molecule has 1 saturated carbocycles. The van der Waals surface area contributed by atoms with Crippen LogP contribution in [0.3, 0.4) is 0 Å². The SMILES string of the molecule is C=CCOC12Oc3ccc(Oc4ccc(OC)c(C=O)c4)cc3C3C(CCCCO)C(CCCCO)C=C(C(=NOCc4ccccc4)CC1N(Cc1ccc4c(c1)OCO4)C(=O)OCCCl)C32. The number of allylic oxidation sites excluding steroid dienone is 1. The number of carbonyl (C=O) groups excluding carboxylic acids is 2. The third-order valence-corrected chi connectivity index (χ3v) is 13.3. The number of methoxy groups -OCH3 is 1. The van der Waals surface area contributed by atoms with Gasteiger partial charge in [0.1, 0.15) is 42.3 Å². The second-order valence-electron chi connectivity index (χ2n) is 17.3. The van der Waals surface area contributed by atoms with Crippen molar-refractivity contribution in [2.24, 2.45) is 22.9 Å². The zero-order chi connectivity index (χ0) is 47.5. The summed E-state index contributed by atoms with van der Waals surface area (Å²) in [5.74, 6) is 0.620. The second-order valence-corrected chi connectivity index (χ2v) is 17.7. The van der Waals surface area contributed by atoms with Crippen LogP contribution in [0.2, 0.25) is 0 Å². The number of benzene rings is 4. The molecule has 8 rings (SSSR count). The van der Waals surface area contributed by atoms with E-state index < -0.39 is 23.8 Å². The number of ether oxygens (including phenoxy) is 7. The average Bonchev–Trinajstić information content (AvgIpc) is 3.84. The van der Waals surface area contributed by atoms with Gasteiger partial charge in [0.05, 0.1) is 36.8 Å². The Hall–Kier alpha value is -6.06. The minimum atomic E-state index is -1.56. The van der Waals surface area contributed by atoms with Gasteiger partial charge in [-0.2, -0.15) is 0 Å². The first-order valence-corrected chi connectivity index (χ1v) is 23.8. The molecule has 0 saturated heterocycles. The van der Waals surface area contributed by atoms with E-state index in [1.807, 2.05) is 66.7 Å². The summed E-state index contributed by atoms with van der Waals surface area (Å²) >= 11 is 6.15. The summed E-state index contributed by atoms with van der Waals surface area (Å²) in [6.07, 6.45) is 8.45. The predicted molar refractivity (Wildman–Crippen MR) is 255 cm³/mol. The number of nitrogens with zero attached hydrogens (tertiary/aromatic N) is 2. The van der Waals surface area contributed by atoms with Gasteiger partial charge in [0.2, 0.25) is 12.6 Å². The summed E-state index contributed by atoms with van der Waals surface area (Å²) in [7, 11) is 1.51. The monoisotopic (exact) mass is 950 g/mol. The smallest absolute Gasteiger partial charge is 0.410 e. The zero-order valence-corrected chi connectivity index (χ0v) is 39.0. The number of alkyl halides is 1. The molecule has 14 nitrogen and oxygen atoms in total. The molecule has 15 heteroatoms. The molecule has 1 fully saturated rings. The summed E-state index contributed by atoms with van der Waals surface area (Å²) in [5, 5.41) is 25.0. The Balaban J connectivity index is 1.33. The number of oxime groups is 1. The third-order valence-electron chi connectivity index (χ3n) is 13.2. The van der Waals surface area contributed by atoms with E-state index in [4.69, 9.17) is 54.8 Å². The standard InChI is InChI=1S/C53H59ClN2O12/c1-3-24-65-53-49(56(52(60)62-25-21-54)31-36-15-18-47-48(26-36)64-34-63-47)30-44(55-66-33-35-11-5-4-6-12-35)42-28-37(13-7-9-22-57)41(14-8-10-23-58)50(51(42)53)43-29-40(17-20-46(43)68-53)67-39-16-19-45(61-2)38(27-39)32-59/h3-6,11-12,15-20,26-29,32,37,41,49-51,57-58H,1,7-10,13-14,21-25,30-31,33-34H2,2H3. The van der Waals surface area contributed by atoms with Gasteiger partial charge in [-0.3, -0.25) is 9.69 Å². The van der Waals surface area contributed by atoms with Crippen LogP contribution < -0.4 is 23.7 Å². The lowest BCUT2D eigenvalue weighted by Gasteiger charge is -2.59. The van der Waals surface area contributed by atoms with Gasteiger partial charge in [-0.25, -0.2) is 4.79 Å². The lowest BCUT2D eigenvalue weighted by Crippen LogP contribution is -2.70. The quantitative estimate of drug-likeness (QED) is 0.0238. The number of fused-ring (bicyclic) bond motifs is 3. The fraction of sp³-hybridized carbons (Fsp3) is 0.415. The summed E-state index contributed by atoms with van der Waals surface area (Å²) in [5.41, 5.74) is 4.38. The van der Waals surface area contributed by atoms with Crippen molar-refractivity contribution >= 4 is 29.7 Å². The first kappa shape index (κ1) is 48.4. The summed E-state index contributed by atoms with van der Waals surface area (Å²) < 4.78 is 43.7. The van der Waals surface area contributed by atoms with E-state index in [-0.39, 0.29) is 76.4 Å². The molecule has 6 atom stereocenters. The second kappa shape index (κ2) is 22.8. The number of amides is 1. The molecule has 0 bridgehead atoms. The number of aliphatic hydroxyl groups excluding tert-OH is 2. The molecular weight excluding hydrogens is 892 g/mol. The normalized spacial score (nSPS) is 22.5. The van der Waals surface area contributed by atoms with Crippen LogP contribution in [0.25, 0.3) is 0 Å². The van der Waals surface area contributed by atoms with E-state index in [0.717, 1.165) is 54.2 Å².